The third kappa shape index (κ3) is 21.2. The van der Waals surface area contributed by atoms with Crippen molar-refractivity contribution in [2.45, 2.75) is 96.5 Å². The van der Waals surface area contributed by atoms with Gasteiger partial charge >= 0.3 is 5.97 Å². The van der Waals surface area contributed by atoms with E-state index in [0.29, 0.717) is 11.0 Å². The zero-order valence-electron chi connectivity index (χ0n) is 20.2. The molecule has 0 aliphatic heterocycles. The van der Waals surface area contributed by atoms with E-state index in [1.807, 2.05) is 27.2 Å². The van der Waals surface area contributed by atoms with Crippen LogP contribution >= 0.6 is 0 Å². The molecule has 6 nitrogen and oxygen atoms in total. The number of esters is 1. The molecular formula is C25H45NO5. The van der Waals surface area contributed by atoms with Crippen molar-refractivity contribution in [2.75, 3.05) is 27.7 Å². The molecule has 0 aliphatic rings. The number of hydrogen-bond donors (Lipinski definition) is 1. The van der Waals surface area contributed by atoms with Gasteiger partial charge in [0.2, 0.25) is 0 Å². The minimum Gasteiger partial charge on any atom is -0.550 e. The molecule has 0 saturated heterocycles. The summed E-state index contributed by atoms with van der Waals surface area (Å²) in [6, 6.07) is 0. The molecule has 0 spiro atoms. The topological polar surface area (TPSA) is 86.7 Å². The summed E-state index contributed by atoms with van der Waals surface area (Å²) >= 11 is 0. The maximum absolute atomic E-state index is 12.0. The van der Waals surface area contributed by atoms with E-state index in [-0.39, 0.29) is 12.2 Å². The lowest BCUT2D eigenvalue weighted by molar-refractivity contribution is -0.873. The minimum absolute atomic E-state index is 0.189. The highest BCUT2D eigenvalue weighted by Gasteiger charge is 2.21. The number of hydrogen-bond acceptors (Lipinski definition) is 5. The monoisotopic (exact) mass is 439 g/mol. The minimum atomic E-state index is -1.27. The molecule has 0 aromatic carbocycles. The number of rotatable bonds is 19. The van der Waals surface area contributed by atoms with Crippen molar-refractivity contribution in [2.24, 2.45) is 0 Å². The van der Waals surface area contributed by atoms with Crippen LogP contribution in [0.2, 0.25) is 0 Å². The highest BCUT2D eigenvalue weighted by molar-refractivity contribution is 5.83. The molecular weight excluding hydrogens is 394 g/mol. The van der Waals surface area contributed by atoms with E-state index in [4.69, 9.17) is 4.74 Å². The van der Waals surface area contributed by atoms with Gasteiger partial charge in [-0.2, -0.15) is 0 Å². The Labute approximate surface area is 189 Å². The Morgan fingerprint density at radius 2 is 1.45 bits per heavy atom. The first-order chi connectivity index (χ1) is 14.6. The number of carbonyl (C=O) groups excluding carboxylic acids is 2. The molecule has 0 amide bonds. The average Bonchev–Trinajstić information content (AvgIpc) is 2.63. The van der Waals surface area contributed by atoms with Gasteiger partial charge in [-0.05, 0) is 18.9 Å². The third-order valence-electron chi connectivity index (χ3n) is 4.96. The van der Waals surface area contributed by atoms with Gasteiger partial charge in [-0.3, -0.25) is 0 Å². The standard InChI is InChI=1S/C25H45NO5/c1-5-6-7-8-9-10-11-12-13-14-15-16-17-18-22(27)19-25(30)31-23(20-24(28)29)21-26(2,3)4/h17-19,23H,5-16,20-21H2,1-4H3,(H-,27,28,29,30). The van der Waals surface area contributed by atoms with Crippen LogP contribution in [0.5, 0.6) is 0 Å². The van der Waals surface area contributed by atoms with Gasteiger partial charge in [0.25, 0.3) is 0 Å². The average molecular weight is 440 g/mol. The van der Waals surface area contributed by atoms with Crippen molar-refractivity contribution in [3.63, 3.8) is 0 Å². The highest BCUT2D eigenvalue weighted by atomic mass is 16.5. The van der Waals surface area contributed by atoms with E-state index >= 15 is 0 Å². The number of allylic oxidation sites excluding steroid dienone is 2. The van der Waals surface area contributed by atoms with Crippen LogP contribution in [0.3, 0.4) is 0 Å². The Bertz CT molecular complexity index is 549. The number of ether oxygens (including phenoxy) is 1. The normalized spacial score (nSPS) is 13.5. The third-order valence-corrected chi connectivity index (χ3v) is 4.96. The summed E-state index contributed by atoms with van der Waals surface area (Å²) in [4.78, 5) is 22.8. The summed E-state index contributed by atoms with van der Waals surface area (Å²) in [5, 5.41) is 20.7. The fourth-order valence-corrected chi connectivity index (χ4v) is 3.44. The molecule has 0 aromatic heterocycles. The van der Waals surface area contributed by atoms with Crippen molar-refractivity contribution in [1.82, 2.24) is 0 Å². The lowest BCUT2D eigenvalue weighted by atomic mass is 10.1. The van der Waals surface area contributed by atoms with E-state index in [1.54, 1.807) is 0 Å². The number of quaternary nitrogens is 1. The molecule has 0 aliphatic carbocycles. The van der Waals surface area contributed by atoms with Gasteiger partial charge in [0.1, 0.15) is 12.3 Å². The maximum Gasteiger partial charge on any atom is 0.334 e. The predicted octanol–water partition coefficient (Wildman–Crippen LogP) is 4.44. The van der Waals surface area contributed by atoms with Crippen molar-refractivity contribution >= 4 is 11.9 Å². The SMILES string of the molecule is CCCCCCCCCCCCCC=CC(O)=CC(=O)OC(CC(=O)[O-])C[N+](C)(C)C. The van der Waals surface area contributed by atoms with E-state index in [2.05, 4.69) is 6.92 Å². The van der Waals surface area contributed by atoms with Crippen LogP contribution in [0.1, 0.15) is 90.4 Å². The lowest BCUT2D eigenvalue weighted by Crippen LogP contribution is -2.45. The van der Waals surface area contributed by atoms with Crippen LogP contribution in [0.25, 0.3) is 0 Å². The number of carbonyl (C=O) groups is 2. The van der Waals surface area contributed by atoms with E-state index in [0.717, 1.165) is 18.9 Å². The number of aliphatic carboxylic acids is 1. The van der Waals surface area contributed by atoms with Crippen LogP contribution in [0, 0.1) is 0 Å². The second kappa shape index (κ2) is 17.8. The molecule has 6 heteroatoms. The molecule has 31 heavy (non-hydrogen) atoms. The summed E-state index contributed by atoms with van der Waals surface area (Å²) in [5.74, 6) is -2.21. The van der Waals surface area contributed by atoms with E-state index < -0.39 is 18.0 Å². The van der Waals surface area contributed by atoms with Crippen LogP contribution in [-0.4, -0.2) is 55.3 Å². The molecule has 0 bridgehead atoms. The Morgan fingerprint density at radius 3 is 1.94 bits per heavy atom. The van der Waals surface area contributed by atoms with Crippen LogP contribution < -0.4 is 5.11 Å². The predicted molar refractivity (Wildman–Crippen MR) is 123 cm³/mol. The zero-order chi connectivity index (χ0) is 23.5. The number of carboxylic acids is 1. The molecule has 0 fully saturated rings. The van der Waals surface area contributed by atoms with E-state index in [1.165, 1.54) is 70.3 Å². The second-order valence-corrected chi connectivity index (χ2v) is 9.40. The van der Waals surface area contributed by atoms with Gasteiger partial charge in [-0.15, -0.1) is 0 Å². The fraction of sp³-hybridized carbons (Fsp3) is 0.760. The number of carboxylic acid groups (broad SMARTS) is 1. The van der Waals surface area contributed by atoms with Crippen molar-refractivity contribution in [3.05, 3.63) is 24.0 Å². The molecule has 0 saturated carbocycles. The van der Waals surface area contributed by atoms with Gasteiger partial charge in [0.15, 0.2) is 6.10 Å². The summed E-state index contributed by atoms with van der Waals surface area (Å²) in [6.07, 6.45) is 18.2. The van der Waals surface area contributed by atoms with Crippen LogP contribution in [0.15, 0.2) is 24.0 Å². The van der Waals surface area contributed by atoms with Gasteiger partial charge in [-0.25, -0.2) is 4.79 Å². The Balaban J connectivity index is 4.00. The molecule has 1 atom stereocenters. The van der Waals surface area contributed by atoms with Crippen molar-refractivity contribution in [3.8, 4) is 0 Å². The summed E-state index contributed by atoms with van der Waals surface area (Å²) < 4.78 is 5.63. The van der Waals surface area contributed by atoms with Gasteiger partial charge in [0, 0.05) is 12.4 Å². The molecule has 180 valence electrons. The van der Waals surface area contributed by atoms with Gasteiger partial charge in [-0.1, -0.05) is 77.2 Å². The number of aliphatic hydroxyl groups is 1. The lowest BCUT2D eigenvalue weighted by Gasteiger charge is -2.29. The van der Waals surface area contributed by atoms with Gasteiger partial charge in [0.05, 0.1) is 27.2 Å². The first kappa shape index (κ1) is 29.2. The van der Waals surface area contributed by atoms with Gasteiger partial charge < -0.3 is 24.2 Å². The van der Waals surface area contributed by atoms with Crippen LogP contribution in [0.4, 0.5) is 0 Å². The summed E-state index contributed by atoms with van der Waals surface area (Å²) in [6.45, 7) is 2.58. The molecule has 1 N–H and O–H groups in total. The molecule has 0 heterocycles. The quantitative estimate of drug-likeness (QED) is 0.0803. The van der Waals surface area contributed by atoms with E-state index in [9.17, 15) is 19.8 Å². The molecule has 0 aromatic rings. The number of aliphatic hydroxyl groups excluding tert-OH is 1. The number of likely N-dealkylation sites (N-methyl/N-ethyl adjacent to an activating group) is 1. The second-order valence-electron chi connectivity index (χ2n) is 9.40. The Hall–Kier alpha value is -1.82. The molecule has 1 unspecified atom stereocenters. The summed E-state index contributed by atoms with van der Waals surface area (Å²) in [7, 11) is 5.63. The number of unbranched alkanes of at least 4 members (excludes halogenated alkanes) is 11. The van der Waals surface area contributed by atoms with Crippen LogP contribution in [-0.2, 0) is 14.3 Å². The highest BCUT2D eigenvalue weighted by Crippen LogP contribution is 2.12. The Morgan fingerprint density at radius 1 is 0.935 bits per heavy atom. The largest absolute Gasteiger partial charge is 0.550 e. The zero-order valence-corrected chi connectivity index (χ0v) is 20.2. The van der Waals surface area contributed by atoms with Crippen molar-refractivity contribution < 1.29 is 29.0 Å². The Kier molecular flexibility index (Phi) is 16.8. The van der Waals surface area contributed by atoms with Crippen molar-refractivity contribution in [1.29, 1.82) is 0 Å². The fourth-order valence-electron chi connectivity index (χ4n) is 3.44. The smallest absolute Gasteiger partial charge is 0.334 e. The molecule has 0 rings (SSSR count). The maximum atomic E-state index is 12.0. The first-order valence-electron chi connectivity index (χ1n) is 11.9. The number of nitrogens with zero attached hydrogens (tertiary/aromatic N) is 1. The first-order valence-corrected chi connectivity index (χ1v) is 11.9. The molecule has 0 radical (unpaired) electrons. The summed E-state index contributed by atoms with van der Waals surface area (Å²) in [5.41, 5.74) is 0.